The first-order valence-electron chi connectivity index (χ1n) is 38.9. The van der Waals surface area contributed by atoms with Crippen LogP contribution in [-0.2, 0) is 29.0 Å². The highest BCUT2D eigenvalue weighted by Gasteiger charge is 2.52. The molecule has 22 aromatic rings. The van der Waals surface area contributed by atoms with Gasteiger partial charge < -0.3 is 22.5 Å². The highest BCUT2D eigenvalue weighted by atomic mass is 79.9. The van der Waals surface area contributed by atoms with Gasteiger partial charge >= 0.3 is 7.12 Å². The van der Waals surface area contributed by atoms with Crippen molar-refractivity contribution in [1.82, 2.24) is 13.2 Å². The largest absolute Gasteiger partial charge is 0.494 e. The Morgan fingerprint density at radius 2 is 0.479 bits per heavy atom. The van der Waals surface area contributed by atoms with Crippen molar-refractivity contribution in [3.63, 3.8) is 0 Å². The van der Waals surface area contributed by atoms with E-state index in [0.717, 1.165) is 70.0 Å². The molecule has 3 aliphatic heterocycles. The number of fused-ring (bicyclic) bond motifs is 24. The third-order valence-corrected chi connectivity index (χ3v) is 29.8. The average Bonchev–Trinajstić information content (AvgIpc) is 1.56. The number of para-hydroxylation sites is 6. The summed E-state index contributed by atoms with van der Waals surface area (Å²) in [4.78, 5) is 1.48. The van der Waals surface area contributed by atoms with E-state index in [0.29, 0.717) is 19.6 Å². The van der Waals surface area contributed by atoms with Gasteiger partial charge in [0.25, 0.3) is 0 Å². The van der Waals surface area contributed by atoms with Gasteiger partial charge in [-0.2, -0.15) is 0 Å². The van der Waals surface area contributed by atoms with Crippen molar-refractivity contribution in [3.8, 4) is 77.9 Å². The molecule has 9 nitrogen and oxygen atoms in total. The van der Waals surface area contributed by atoms with E-state index in [9.17, 15) is 16.8 Å². The molecule has 0 spiro atoms. The van der Waals surface area contributed by atoms with Gasteiger partial charge in [-0.05, 0) is 222 Å². The van der Waals surface area contributed by atoms with Crippen LogP contribution >= 0.6 is 31.9 Å². The fraction of sp³-hybridized carbons (Fsp3) is 0.0680. The monoisotopic (exact) mass is 1680 g/mol. The van der Waals surface area contributed by atoms with Gasteiger partial charge in [0.05, 0.1) is 80.4 Å². The molecule has 1 fully saturated rings. The van der Waals surface area contributed by atoms with Crippen molar-refractivity contribution in [2.24, 2.45) is 0 Å². The van der Waals surface area contributed by atoms with Crippen LogP contribution in [-0.4, -0.2) is 48.4 Å². The predicted molar refractivity (Wildman–Crippen MR) is 490 cm³/mol. The summed E-state index contributed by atoms with van der Waals surface area (Å²) in [6.45, 7) is 8.36. The molecular weight excluding hydrogens is 1610 g/mol. The number of hydrogen-bond donors (Lipinski definition) is 0. The third kappa shape index (κ3) is 10.6. The first-order valence-corrected chi connectivity index (χ1v) is 43.4. The van der Waals surface area contributed by atoms with E-state index in [-0.39, 0.29) is 25.7 Å². The Morgan fingerprint density at radius 3 is 0.752 bits per heavy atom. The van der Waals surface area contributed by atoms with Crippen LogP contribution in [0, 0.1) is 0 Å². The summed E-state index contributed by atoms with van der Waals surface area (Å²) in [5, 5.41) is 15.2. The molecule has 0 radical (unpaired) electrons. The maximum atomic E-state index is 13.9. The second-order valence-corrected chi connectivity index (χ2v) is 37.5. The van der Waals surface area contributed by atoms with Crippen LogP contribution in [0.1, 0.15) is 35.1 Å². The van der Waals surface area contributed by atoms with Gasteiger partial charge in [0, 0.05) is 95.8 Å². The van der Waals surface area contributed by atoms with E-state index in [2.05, 4.69) is 340 Å². The molecule has 0 atom stereocenters. The zero-order valence-corrected chi connectivity index (χ0v) is 67.9. The number of sulfone groups is 2. The fourth-order valence-corrected chi connectivity index (χ4v) is 22.8. The topological polar surface area (TPSA) is 100.0 Å². The Morgan fingerprint density at radius 1 is 0.256 bits per heavy atom. The number of hydrogen-bond acceptors (Lipinski definition) is 6. The molecule has 9 heterocycles. The highest BCUT2D eigenvalue weighted by molar-refractivity contribution is 9.10. The standard InChI is InChI=1S/C60H34N2O2S.C30H26BNO2.C12H6Br2O2S.CH4/c63-65(64)57-27-25-39(35-17-21-37(22-18-35)41-31-49-43-9-1-5-13-53(43)61-54-14-6-2-10-44(54)50(32-41)59(49)61)29-47(57)48-30-40(26-28-58(48)65)36-19-23-38(24-20-36)42-33-51-45-11-3-7-15-55(45)62-56-16-8-4-12-46(56)52(34-42)60(51)62;1-29(2)30(3,4)34-31(33-29)21-15-13-19(14-16-21)20-17-24-22-9-5-7-11-26(22)32-27-12-8-6-10-23(27)25(18-20)28(24)32;13-7-1-3-11-9(5-7)10-6-8(14)2-4-12(10)17(11,15)16;/h1-34H;5-18H,1-4H3;1-6H;1H4. The molecule has 0 N–H and O–H groups in total. The lowest BCUT2D eigenvalue weighted by Gasteiger charge is -2.32. The zero-order valence-electron chi connectivity index (χ0n) is 63.1. The Labute approximate surface area is 692 Å². The van der Waals surface area contributed by atoms with Crippen molar-refractivity contribution in [2.45, 2.75) is 65.9 Å². The van der Waals surface area contributed by atoms with Gasteiger partial charge in [0.2, 0.25) is 19.7 Å². The first kappa shape index (κ1) is 71.3. The molecule has 0 saturated carbocycles. The Balaban J connectivity index is 0.000000131. The van der Waals surface area contributed by atoms with Crippen LogP contribution in [0.2, 0.25) is 0 Å². The quantitative estimate of drug-likeness (QED) is 0.154. The van der Waals surface area contributed by atoms with Gasteiger partial charge in [-0.3, -0.25) is 0 Å². The second kappa shape index (κ2) is 25.9. The molecule has 3 aliphatic rings. The lowest BCUT2D eigenvalue weighted by atomic mass is 9.78. The molecule has 117 heavy (non-hydrogen) atoms. The van der Waals surface area contributed by atoms with Gasteiger partial charge in [-0.1, -0.05) is 233 Å². The smallest absolute Gasteiger partial charge is 0.399 e. The molecule has 14 heteroatoms. The highest BCUT2D eigenvalue weighted by Crippen LogP contribution is 2.51. The van der Waals surface area contributed by atoms with Crippen LogP contribution in [0.25, 0.3) is 192 Å². The van der Waals surface area contributed by atoms with Crippen molar-refractivity contribution in [2.75, 3.05) is 0 Å². The van der Waals surface area contributed by atoms with Gasteiger partial charge in [-0.15, -0.1) is 0 Å². The van der Waals surface area contributed by atoms with Gasteiger partial charge in [0.15, 0.2) is 0 Å². The zero-order chi connectivity index (χ0) is 78.2. The van der Waals surface area contributed by atoms with E-state index in [1.165, 1.54) is 137 Å². The Kier molecular flexibility index (Phi) is 15.8. The summed E-state index contributed by atoms with van der Waals surface area (Å²) in [6, 6.07) is 114. The molecular formula is C103H70BBr2N3O6S2. The minimum Gasteiger partial charge on any atom is -0.399 e. The third-order valence-electron chi connectivity index (χ3n) is 25.1. The van der Waals surface area contributed by atoms with Crippen LogP contribution in [0.5, 0.6) is 0 Å². The van der Waals surface area contributed by atoms with Crippen LogP contribution < -0.4 is 5.46 Å². The van der Waals surface area contributed by atoms with Crippen molar-refractivity contribution < 1.29 is 26.1 Å². The molecule has 16 aromatic carbocycles. The molecule has 6 aromatic heterocycles. The normalized spacial score (nSPS) is 14.8. The van der Waals surface area contributed by atoms with E-state index in [4.69, 9.17) is 9.31 Å². The maximum absolute atomic E-state index is 13.9. The lowest BCUT2D eigenvalue weighted by molar-refractivity contribution is 0.00578. The summed E-state index contributed by atoms with van der Waals surface area (Å²) in [5.41, 5.74) is 25.7. The summed E-state index contributed by atoms with van der Waals surface area (Å²) in [5.74, 6) is 0. The lowest BCUT2D eigenvalue weighted by Crippen LogP contribution is -2.41. The van der Waals surface area contributed by atoms with Crippen LogP contribution in [0.15, 0.2) is 356 Å². The SMILES string of the molecule is C.CC1(C)OB(c2ccc(-c3cc4c5ccccc5n5c6ccccc6c(c3)c45)cc2)OC1(C)C.O=S1(=O)c2ccc(-c3ccc(-c4cc5c6ccccc6n6c7ccccc7c(c4)c56)cc3)cc2-c2cc(-c3ccc(-c4cc5c6ccccc6n6c7ccccc7c(c4)c56)cc3)ccc21.O=S1(=O)c2ccc(Br)cc2-c2cc(Br)ccc21. The minimum absolute atomic E-state index is 0. The second-order valence-electron chi connectivity index (χ2n) is 31.9. The number of halogens is 2. The number of nitrogens with zero attached hydrogens (tertiary/aromatic N) is 3. The van der Waals surface area contributed by atoms with E-state index in [1.807, 2.05) is 24.3 Å². The predicted octanol–water partition coefficient (Wildman–Crippen LogP) is 26.9. The molecule has 1 saturated heterocycles. The maximum Gasteiger partial charge on any atom is 0.494 e. The average molecular weight is 1680 g/mol. The Hall–Kier alpha value is -12.2. The number of aromatic nitrogens is 3. The summed E-state index contributed by atoms with van der Waals surface area (Å²) in [7, 11) is -7.34. The van der Waals surface area contributed by atoms with Crippen molar-refractivity contribution in [1.29, 1.82) is 0 Å². The molecule has 0 unspecified atom stereocenters. The molecule has 562 valence electrons. The van der Waals surface area contributed by atoms with Gasteiger partial charge in [0.1, 0.15) is 0 Å². The fourth-order valence-electron chi connectivity index (χ4n) is 18.8. The molecule has 25 rings (SSSR count). The Bertz CT molecular complexity index is 7610. The van der Waals surface area contributed by atoms with E-state index in [1.54, 1.807) is 36.4 Å². The van der Waals surface area contributed by atoms with E-state index < -0.39 is 19.7 Å². The molecule has 0 amide bonds. The van der Waals surface area contributed by atoms with Crippen LogP contribution in [0.3, 0.4) is 0 Å². The van der Waals surface area contributed by atoms with Crippen molar-refractivity contribution in [3.05, 3.63) is 337 Å². The summed E-state index contributed by atoms with van der Waals surface area (Å²) < 4.78 is 73.9. The first-order chi connectivity index (χ1) is 56.3. The van der Waals surface area contributed by atoms with Gasteiger partial charge in [-0.25, -0.2) is 16.8 Å². The molecule has 0 bridgehead atoms. The van der Waals surface area contributed by atoms with E-state index >= 15 is 0 Å². The van der Waals surface area contributed by atoms with Crippen molar-refractivity contribution >= 4 is 178 Å². The minimum atomic E-state index is -3.66. The number of rotatable bonds is 6. The number of benzene rings is 16. The summed E-state index contributed by atoms with van der Waals surface area (Å²) >= 11 is 6.73. The summed E-state index contributed by atoms with van der Waals surface area (Å²) in [6.07, 6.45) is 0. The van der Waals surface area contributed by atoms with Crippen LogP contribution in [0.4, 0.5) is 0 Å². The molecule has 0 aliphatic carbocycles.